The zero-order valence-corrected chi connectivity index (χ0v) is 22.0. The topological polar surface area (TPSA) is 95.5 Å². The molecule has 1 saturated heterocycles. The third kappa shape index (κ3) is 4.16. The maximum absolute atomic E-state index is 12.7. The van der Waals surface area contributed by atoms with Gasteiger partial charge in [-0.05, 0) is 57.2 Å². The smallest absolute Gasteiger partial charge is 0.410 e. The van der Waals surface area contributed by atoms with Crippen LogP contribution in [0, 0.1) is 6.92 Å². The van der Waals surface area contributed by atoms with Crippen molar-refractivity contribution in [3.8, 4) is 16.2 Å². The molecule has 3 aromatic heterocycles. The third-order valence-electron chi connectivity index (χ3n) is 6.13. The fraction of sp³-hybridized carbons (Fsp3) is 0.400. The molecule has 1 unspecified atom stereocenters. The molecule has 4 heterocycles. The number of carbonyl (C=O) groups is 1. The Bertz CT molecular complexity index is 1460. The number of ether oxygens (including phenoxy) is 2. The van der Waals surface area contributed by atoms with Gasteiger partial charge in [0.05, 0.1) is 23.2 Å². The Kier molecular flexibility index (Phi) is 5.80. The largest absolute Gasteiger partial charge is 0.495 e. The standard InChI is InChI=1S/C25H28ClN5O3S/c1-13-8-14-10-17(35-20(14)16(9-13)33-5)18-19-22(27)28-12-29-23(19)31(21(18)26)15-6-7-30(11-15)24(32)34-25(2,3)4/h8-10,12,15H,6-7,11H2,1-5H3,(H2,27,28,29). The van der Waals surface area contributed by atoms with E-state index < -0.39 is 5.60 Å². The van der Waals surface area contributed by atoms with Crippen LogP contribution in [0.1, 0.15) is 38.8 Å². The predicted octanol–water partition coefficient (Wildman–Crippen LogP) is 6.05. The average Bonchev–Trinajstić information content (AvgIpc) is 3.47. The first-order chi connectivity index (χ1) is 16.6. The summed E-state index contributed by atoms with van der Waals surface area (Å²) in [6, 6.07) is 6.19. The number of amides is 1. The Morgan fingerprint density at radius 3 is 2.74 bits per heavy atom. The molecule has 35 heavy (non-hydrogen) atoms. The van der Waals surface area contributed by atoms with Crippen molar-refractivity contribution < 1.29 is 14.3 Å². The molecule has 8 nitrogen and oxygen atoms in total. The van der Waals surface area contributed by atoms with Crippen LogP contribution in [0.5, 0.6) is 5.75 Å². The third-order valence-corrected chi connectivity index (χ3v) is 7.68. The molecule has 2 N–H and O–H groups in total. The van der Waals surface area contributed by atoms with Gasteiger partial charge in [0, 0.05) is 23.5 Å². The van der Waals surface area contributed by atoms with Gasteiger partial charge in [0.25, 0.3) is 0 Å². The average molecular weight is 514 g/mol. The molecule has 0 spiro atoms. The molecule has 5 rings (SSSR count). The van der Waals surface area contributed by atoms with Gasteiger partial charge >= 0.3 is 6.09 Å². The van der Waals surface area contributed by atoms with Crippen molar-refractivity contribution in [1.82, 2.24) is 19.4 Å². The number of nitrogens with zero attached hydrogens (tertiary/aromatic N) is 4. The van der Waals surface area contributed by atoms with Crippen LogP contribution in [-0.2, 0) is 4.74 Å². The Balaban J connectivity index is 1.61. The van der Waals surface area contributed by atoms with Crippen LogP contribution in [0.4, 0.5) is 10.6 Å². The van der Waals surface area contributed by atoms with Crippen molar-refractivity contribution in [2.45, 2.75) is 45.8 Å². The van der Waals surface area contributed by atoms with Gasteiger partial charge in [-0.15, -0.1) is 11.3 Å². The molecule has 1 aromatic carbocycles. The maximum atomic E-state index is 12.7. The molecule has 184 valence electrons. The number of nitrogens with two attached hydrogens (primary N) is 1. The van der Waals surface area contributed by atoms with Gasteiger partial charge in [0.2, 0.25) is 0 Å². The van der Waals surface area contributed by atoms with E-state index in [2.05, 4.69) is 22.1 Å². The minimum Gasteiger partial charge on any atom is -0.495 e. The number of carbonyl (C=O) groups excluding carboxylic acids is 1. The van der Waals surface area contributed by atoms with Crippen molar-refractivity contribution in [2.24, 2.45) is 0 Å². The summed E-state index contributed by atoms with van der Waals surface area (Å²) in [6.07, 6.45) is 1.85. The zero-order chi connectivity index (χ0) is 25.1. The fourth-order valence-electron chi connectivity index (χ4n) is 4.67. The molecule has 1 atom stereocenters. The van der Waals surface area contributed by atoms with Gasteiger partial charge in [-0.2, -0.15) is 0 Å². The summed E-state index contributed by atoms with van der Waals surface area (Å²) < 4.78 is 14.2. The lowest BCUT2D eigenvalue weighted by atomic mass is 10.1. The highest BCUT2D eigenvalue weighted by atomic mass is 35.5. The Morgan fingerprint density at radius 2 is 2.03 bits per heavy atom. The van der Waals surface area contributed by atoms with E-state index in [0.29, 0.717) is 29.7 Å². The summed E-state index contributed by atoms with van der Waals surface area (Å²) in [5, 5.41) is 2.33. The van der Waals surface area contributed by atoms with E-state index in [1.54, 1.807) is 23.3 Å². The summed E-state index contributed by atoms with van der Waals surface area (Å²) in [5.74, 6) is 1.19. The second-order valence-corrected chi connectivity index (χ2v) is 11.3. The van der Waals surface area contributed by atoms with Crippen molar-refractivity contribution >= 4 is 56.0 Å². The number of fused-ring (bicyclic) bond motifs is 2. The first-order valence-electron chi connectivity index (χ1n) is 11.4. The molecular weight excluding hydrogens is 486 g/mol. The van der Waals surface area contributed by atoms with Crippen molar-refractivity contribution in [1.29, 1.82) is 0 Å². The molecule has 1 aliphatic rings. The number of nitrogen functional groups attached to an aromatic ring is 1. The van der Waals surface area contributed by atoms with Crippen LogP contribution in [0.15, 0.2) is 24.5 Å². The molecule has 0 radical (unpaired) electrons. The quantitative estimate of drug-likeness (QED) is 0.358. The van der Waals surface area contributed by atoms with E-state index >= 15 is 0 Å². The number of halogens is 1. The number of methoxy groups -OCH3 is 1. The minimum atomic E-state index is -0.553. The molecule has 1 fully saturated rings. The number of thiophene rings is 1. The lowest BCUT2D eigenvalue weighted by Gasteiger charge is -2.24. The van der Waals surface area contributed by atoms with Crippen molar-refractivity contribution in [3.63, 3.8) is 0 Å². The van der Waals surface area contributed by atoms with E-state index in [-0.39, 0.29) is 12.1 Å². The zero-order valence-electron chi connectivity index (χ0n) is 20.4. The second kappa shape index (κ2) is 8.57. The van der Waals surface area contributed by atoms with Crippen LogP contribution < -0.4 is 10.5 Å². The number of anilines is 1. The first kappa shape index (κ1) is 23.7. The fourth-order valence-corrected chi connectivity index (χ4v) is 6.33. The van der Waals surface area contributed by atoms with E-state index in [1.807, 2.05) is 38.3 Å². The van der Waals surface area contributed by atoms with Gasteiger partial charge in [-0.3, -0.25) is 0 Å². The normalized spacial score (nSPS) is 16.4. The number of rotatable bonds is 3. The molecule has 1 amide bonds. The molecule has 1 aliphatic heterocycles. The molecular formula is C25H28ClN5O3S. The summed E-state index contributed by atoms with van der Waals surface area (Å²) >= 11 is 8.68. The lowest BCUT2D eigenvalue weighted by Crippen LogP contribution is -2.35. The van der Waals surface area contributed by atoms with Crippen LogP contribution in [0.2, 0.25) is 5.15 Å². The van der Waals surface area contributed by atoms with Crippen LogP contribution in [-0.4, -0.2) is 51.3 Å². The van der Waals surface area contributed by atoms with Crippen LogP contribution in [0.25, 0.3) is 31.6 Å². The SMILES string of the molecule is COc1cc(C)cc2cc(-c3c(Cl)n(C4CCN(C(=O)OC(C)(C)C)C4)c4ncnc(N)c34)sc12. The number of hydrogen-bond acceptors (Lipinski definition) is 7. The summed E-state index contributed by atoms with van der Waals surface area (Å²) in [4.78, 5) is 24.1. The van der Waals surface area contributed by atoms with Crippen molar-refractivity contribution in [2.75, 3.05) is 25.9 Å². The van der Waals surface area contributed by atoms with Gasteiger partial charge in [-0.25, -0.2) is 14.8 Å². The van der Waals surface area contributed by atoms with Gasteiger partial charge in [0.1, 0.15) is 34.3 Å². The highest BCUT2D eigenvalue weighted by Gasteiger charge is 2.34. The minimum absolute atomic E-state index is 0.0632. The molecule has 0 aliphatic carbocycles. The van der Waals surface area contributed by atoms with E-state index in [4.69, 9.17) is 26.8 Å². The number of aryl methyl sites for hydroxylation is 1. The van der Waals surface area contributed by atoms with E-state index in [1.165, 1.54) is 6.33 Å². The molecule has 10 heteroatoms. The first-order valence-corrected chi connectivity index (χ1v) is 12.6. The maximum Gasteiger partial charge on any atom is 0.410 e. The monoisotopic (exact) mass is 513 g/mol. The second-order valence-electron chi connectivity index (χ2n) is 9.86. The molecule has 0 bridgehead atoms. The Hall–Kier alpha value is -3.04. The molecule has 4 aromatic rings. The number of hydrogen-bond donors (Lipinski definition) is 1. The van der Waals surface area contributed by atoms with Gasteiger partial charge < -0.3 is 24.7 Å². The summed E-state index contributed by atoms with van der Waals surface area (Å²) in [6.45, 7) is 8.68. The number of likely N-dealkylation sites (tertiary alicyclic amines) is 1. The highest BCUT2D eigenvalue weighted by molar-refractivity contribution is 7.22. The van der Waals surface area contributed by atoms with Crippen LogP contribution >= 0.6 is 22.9 Å². The number of aromatic nitrogens is 3. The predicted molar refractivity (Wildman–Crippen MR) is 141 cm³/mol. The van der Waals surface area contributed by atoms with E-state index in [0.717, 1.165) is 43.6 Å². The van der Waals surface area contributed by atoms with Gasteiger partial charge in [-0.1, -0.05) is 17.7 Å². The summed E-state index contributed by atoms with van der Waals surface area (Å²) in [7, 11) is 1.68. The Labute approximate surface area is 212 Å². The van der Waals surface area contributed by atoms with Crippen LogP contribution in [0.3, 0.4) is 0 Å². The number of benzene rings is 1. The Morgan fingerprint density at radius 1 is 1.26 bits per heavy atom. The molecule has 0 saturated carbocycles. The lowest BCUT2D eigenvalue weighted by molar-refractivity contribution is 0.0289. The summed E-state index contributed by atoms with van der Waals surface area (Å²) in [5.41, 5.74) is 8.39. The van der Waals surface area contributed by atoms with E-state index in [9.17, 15) is 4.79 Å². The van der Waals surface area contributed by atoms with Gasteiger partial charge in [0.15, 0.2) is 0 Å². The van der Waals surface area contributed by atoms with Crippen molar-refractivity contribution in [3.05, 3.63) is 35.2 Å². The highest BCUT2D eigenvalue weighted by Crippen LogP contribution is 2.47.